The molecule has 0 bridgehead atoms. The minimum atomic E-state index is -5.74. The molecule has 1 aromatic carbocycles. The normalized spacial score (nSPS) is 13.1. The van der Waals surface area contributed by atoms with Crippen molar-refractivity contribution in [2.45, 2.75) is 25.1 Å². The summed E-state index contributed by atoms with van der Waals surface area (Å²) in [5.41, 5.74) is -0.341. The summed E-state index contributed by atoms with van der Waals surface area (Å²) in [4.78, 5) is 11.7. The lowest BCUT2D eigenvalue weighted by molar-refractivity contribution is -0.415. The van der Waals surface area contributed by atoms with Crippen LogP contribution in [0.2, 0.25) is 10.0 Å². The van der Waals surface area contributed by atoms with Gasteiger partial charge in [-0.25, -0.2) is 0 Å². The minimum absolute atomic E-state index is 0.0569. The molecule has 0 aliphatic carbocycles. The number of halogens is 8. The lowest BCUT2D eigenvalue weighted by Crippen LogP contribution is -2.56. The molecule has 0 unspecified atom stereocenters. The van der Waals surface area contributed by atoms with Gasteiger partial charge in [0.25, 0.3) is 0 Å². The smallest absolute Gasteiger partial charge is 0.310 e. The molecular weight excluding hydrogens is 375 g/mol. The molecule has 1 amide bonds. The van der Waals surface area contributed by atoms with Crippen molar-refractivity contribution >= 4 is 34.8 Å². The average molecular weight is 384 g/mol. The van der Waals surface area contributed by atoms with Crippen LogP contribution in [0.4, 0.5) is 32.0 Å². The van der Waals surface area contributed by atoms with E-state index < -0.39 is 24.0 Å². The maximum atomic E-state index is 13.6. The summed E-state index contributed by atoms with van der Waals surface area (Å²) >= 11 is 11.2. The molecule has 0 radical (unpaired) electrons. The lowest BCUT2D eigenvalue weighted by atomic mass is 10.2. The first-order chi connectivity index (χ1) is 10.2. The Hall–Kier alpha value is -1.19. The SMILES string of the molecule is CN(C(=O)C(F)(F)C(F)(F)OC(C)(F)F)c1cc(Cl)cc(Cl)c1. The van der Waals surface area contributed by atoms with Gasteiger partial charge in [-0.15, -0.1) is 0 Å². The fourth-order valence-corrected chi connectivity index (χ4v) is 1.99. The van der Waals surface area contributed by atoms with Gasteiger partial charge in [-0.1, -0.05) is 23.2 Å². The number of ether oxygens (including phenoxy) is 1. The number of carbonyl (C=O) groups excluding carboxylic acids is 1. The van der Waals surface area contributed by atoms with Crippen molar-refractivity contribution in [3.05, 3.63) is 28.2 Å². The minimum Gasteiger partial charge on any atom is -0.310 e. The Labute approximate surface area is 136 Å². The van der Waals surface area contributed by atoms with E-state index in [1.54, 1.807) is 0 Å². The highest BCUT2D eigenvalue weighted by Gasteiger charge is 2.67. The van der Waals surface area contributed by atoms with E-state index in [0.717, 1.165) is 19.2 Å². The molecule has 0 aromatic heterocycles. The van der Waals surface area contributed by atoms with E-state index in [2.05, 4.69) is 4.74 Å². The number of hydrogen-bond acceptors (Lipinski definition) is 2. The van der Waals surface area contributed by atoms with E-state index in [4.69, 9.17) is 23.2 Å². The molecule has 11 heteroatoms. The van der Waals surface area contributed by atoms with Crippen LogP contribution in [0.15, 0.2) is 18.2 Å². The second kappa shape index (κ2) is 6.37. The van der Waals surface area contributed by atoms with Gasteiger partial charge in [-0.05, 0) is 18.2 Å². The molecule has 0 spiro atoms. The molecule has 0 atom stereocenters. The summed E-state index contributed by atoms with van der Waals surface area (Å²) in [6.07, 6.45) is -10.3. The number of carbonyl (C=O) groups is 1. The zero-order chi connectivity index (χ0) is 18.2. The van der Waals surface area contributed by atoms with Crippen LogP contribution in [0, 0.1) is 0 Å². The van der Waals surface area contributed by atoms with Crippen molar-refractivity contribution < 1.29 is 35.9 Å². The van der Waals surface area contributed by atoms with Gasteiger partial charge in [0.05, 0.1) is 0 Å². The van der Waals surface area contributed by atoms with Crippen LogP contribution in [-0.4, -0.2) is 31.1 Å². The summed E-state index contributed by atoms with van der Waals surface area (Å²) in [7, 11) is 0.721. The Morgan fingerprint density at radius 1 is 1.04 bits per heavy atom. The molecule has 23 heavy (non-hydrogen) atoms. The highest BCUT2D eigenvalue weighted by molar-refractivity contribution is 6.35. The van der Waals surface area contributed by atoms with E-state index in [9.17, 15) is 31.1 Å². The second-order valence-corrected chi connectivity index (χ2v) is 5.37. The first-order valence-electron chi connectivity index (χ1n) is 5.75. The summed E-state index contributed by atoms with van der Waals surface area (Å²) in [5.74, 6) is -8.04. The average Bonchev–Trinajstić information content (AvgIpc) is 2.32. The van der Waals surface area contributed by atoms with E-state index in [0.29, 0.717) is 0 Å². The van der Waals surface area contributed by atoms with Crippen molar-refractivity contribution in [2.75, 3.05) is 11.9 Å². The predicted molar refractivity (Wildman–Crippen MR) is 71.5 cm³/mol. The Morgan fingerprint density at radius 2 is 1.48 bits per heavy atom. The molecule has 0 saturated heterocycles. The van der Waals surface area contributed by atoms with E-state index in [1.807, 2.05) is 0 Å². The highest BCUT2D eigenvalue weighted by Crippen LogP contribution is 2.41. The standard InChI is InChI=1S/C12H9Cl2F6NO2/c1-10(15,16)23-12(19,20)11(17,18)9(22)21(2)8-4-6(13)3-7(14)5-8/h3-5H,1-2H3. The maximum Gasteiger partial charge on any atom is 0.433 e. The van der Waals surface area contributed by atoms with Gasteiger partial charge < -0.3 is 4.90 Å². The summed E-state index contributed by atoms with van der Waals surface area (Å²) in [5, 5.41) is -0.114. The number of alkyl halides is 6. The van der Waals surface area contributed by atoms with Crippen LogP contribution in [0.1, 0.15) is 6.92 Å². The summed E-state index contributed by atoms with van der Waals surface area (Å²) in [6.45, 7) is -0.165. The van der Waals surface area contributed by atoms with Crippen LogP contribution < -0.4 is 4.90 Å². The molecule has 3 nitrogen and oxygen atoms in total. The Morgan fingerprint density at radius 3 is 1.87 bits per heavy atom. The molecule has 0 heterocycles. The first-order valence-corrected chi connectivity index (χ1v) is 6.51. The van der Waals surface area contributed by atoms with Crippen LogP contribution in [0.3, 0.4) is 0 Å². The van der Waals surface area contributed by atoms with Gasteiger partial charge in [-0.3, -0.25) is 9.53 Å². The largest absolute Gasteiger partial charge is 0.433 e. The van der Waals surface area contributed by atoms with Gasteiger partial charge in [0.2, 0.25) is 0 Å². The maximum absolute atomic E-state index is 13.6. The summed E-state index contributed by atoms with van der Waals surface area (Å²) < 4.78 is 81.3. The third-order valence-electron chi connectivity index (χ3n) is 2.48. The molecule has 0 fully saturated rings. The number of anilines is 1. The second-order valence-electron chi connectivity index (χ2n) is 4.49. The predicted octanol–water partition coefficient (Wildman–Crippen LogP) is 4.81. The molecular formula is C12H9Cl2F6NO2. The van der Waals surface area contributed by atoms with E-state index in [-0.39, 0.29) is 27.6 Å². The Balaban J connectivity index is 3.14. The number of benzene rings is 1. The van der Waals surface area contributed by atoms with Crippen molar-refractivity contribution in [3.63, 3.8) is 0 Å². The molecule has 0 N–H and O–H groups in total. The molecule has 1 rings (SSSR count). The van der Waals surface area contributed by atoms with Gasteiger partial charge >= 0.3 is 24.0 Å². The molecule has 130 valence electrons. The molecule has 0 aliphatic rings. The third-order valence-corrected chi connectivity index (χ3v) is 2.92. The number of hydrogen-bond donors (Lipinski definition) is 0. The fraction of sp³-hybridized carbons (Fsp3) is 0.417. The Bertz CT molecular complexity index is 585. The van der Waals surface area contributed by atoms with E-state index >= 15 is 0 Å². The molecule has 0 saturated carbocycles. The number of rotatable bonds is 5. The zero-order valence-corrected chi connectivity index (χ0v) is 13.0. The van der Waals surface area contributed by atoms with Gasteiger partial charge in [0.15, 0.2) is 0 Å². The van der Waals surface area contributed by atoms with Crippen LogP contribution in [0.5, 0.6) is 0 Å². The van der Waals surface area contributed by atoms with Crippen molar-refractivity contribution in [3.8, 4) is 0 Å². The van der Waals surface area contributed by atoms with Gasteiger partial charge in [0.1, 0.15) is 0 Å². The lowest BCUT2D eigenvalue weighted by Gasteiger charge is -2.30. The van der Waals surface area contributed by atoms with Gasteiger partial charge in [-0.2, -0.15) is 26.3 Å². The first kappa shape index (κ1) is 19.9. The quantitative estimate of drug-likeness (QED) is 0.682. The van der Waals surface area contributed by atoms with Crippen LogP contribution in [0.25, 0.3) is 0 Å². The van der Waals surface area contributed by atoms with Crippen LogP contribution >= 0.6 is 23.2 Å². The highest BCUT2D eigenvalue weighted by atomic mass is 35.5. The Kier molecular flexibility index (Phi) is 5.50. The fourth-order valence-electron chi connectivity index (χ4n) is 1.47. The zero-order valence-electron chi connectivity index (χ0n) is 11.5. The van der Waals surface area contributed by atoms with Crippen molar-refractivity contribution in [2.24, 2.45) is 0 Å². The van der Waals surface area contributed by atoms with Crippen LogP contribution in [-0.2, 0) is 9.53 Å². The number of amides is 1. The van der Waals surface area contributed by atoms with Crippen molar-refractivity contribution in [1.29, 1.82) is 0 Å². The van der Waals surface area contributed by atoms with Crippen molar-refractivity contribution in [1.82, 2.24) is 0 Å². The summed E-state index contributed by atoms with van der Waals surface area (Å²) in [6, 6.07) is 3.20. The van der Waals surface area contributed by atoms with E-state index in [1.165, 1.54) is 6.07 Å². The third kappa shape index (κ3) is 4.65. The van der Waals surface area contributed by atoms with Gasteiger partial charge in [0, 0.05) is 29.7 Å². The number of nitrogens with zero attached hydrogens (tertiary/aromatic N) is 1. The molecule has 0 aliphatic heterocycles. The monoisotopic (exact) mass is 383 g/mol. The topological polar surface area (TPSA) is 29.5 Å². The molecule has 1 aromatic rings.